The summed E-state index contributed by atoms with van der Waals surface area (Å²) in [6, 6.07) is 10.1. The molecule has 3 heteroatoms. The SMILES string of the molecule is Cc1ccc(Oc2ccc(F)cc2[C@H](C)N)c(C)c1. The van der Waals surface area contributed by atoms with E-state index in [0.717, 1.165) is 11.3 Å². The van der Waals surface area contributed by atoms with Crippen molar-refractivity contribution in [3.63, 3.8) is 0 Å². The van der Waals surface area contributed by atoms with Crippen LogP contribution in [-0.4, -0.2) is 0 Å². The summed E-state index contributed by atoms with van der Waals surface area (Å²) < 4.78 is 19.1. The van der Waals surface area contributed by atoms with Crippen molar-refractivity contribution in [3.05, 3.63) is 58.9 Å². The second-order valence-corrected chi connectivity index (χ2v) is 4.84. The van der Waals surface area contributed by atoms with E-state index >= 15 is 0 Å². The lowest BCUT2D eigenvalue weighted by Gasteiger charge is -2.15. The molecule has 2 nitrogen and oxygen atoms in total. The fourth-order valence-corrected chi connectivity index (χ4v) is 2.00. The number of aryl methyl sites for hydroxylation is 2. The summed E-state index contributed by atoms with van der Waals surface area (Å²) in [4.78, 5) is 0. The topological polar surface area (TPSA) is 35.2 Å². The van der Waals surface area contributed by atoms with Gasteiger partial charge >= 0.3 is 0 Å². The molecule has 0 saturated carbocycles. The van der Waals surface area contributed by atoms with E-state index < -0.39 is 0 Å². The maximum Gasteiger partial charge on any atom is 0.132 e. The minimum Gasteiger partial charge on any atom is -0.457 e. The fraction of sp³-hybridized carbons (Fsp3) is 0.250. The molecule has 0 heterocycles. The van der Waals surface area contributed by atoms with Gasteiger partial charge in [-0.1, -0.05) is 17.7 Å². The molecule has 0 bridgehead atoms. The quantitative estimate of drug-likeness (QED) is 0.894. The second kappa shape index (κ2) is 5.41. The summed E-state index contributed by atoms with van der Waals surface area (Å²) in [6.07, 6.45) is 0. The van der Waals surface area contributed by atoms with E-state index in [2.05, 4.69) is 0 Å². The highest BCUT2D eigenvalue weighted by molar-refractivity contribution is 5.43. The van der Waals surface area contributed by atoms with Gasteiger partial charge in [-0.05, 0) is 50.6 Å². The molecule has 0 aromatic heterocycles. The average molecular weight is 259 g/mol. The number of hydrogen-bond donors (Lipinski definition) is 1. The molecule has 2 aromatic rings. The molecule has 1 atom stereocenters. The van der Waals surface area contributed by atoms with Crippen LogP contribution in [0.1, 0.15) is 29.7 Å². The van der Waals surface area contributed by atoms with Crippen molar-refractivity contribution >= 4 is 0 Å². The molecule has 0 amide bonds. The van der Waals surface area contributed by atoms with Gasteiger partial charge in [0.05, 0.1) is 0 Å². The molecule has 100 valence electrons. The monoisotopic (exact) mass is 259 g/mol. The van der Waals surface area contributed by atoms with E-state index in [9.17, 15) is 4.39 Å². The normalized spacial score (nSPS) is 12.3. The zero-order valence-corrected chi connectivity index (χ0v) is 11.4. The lowest BCUT2D eigenvalue weighted by Crippen LogP contribution is -2.07. The Labute approximate surface area is 113 Å². The Morgan fingerprint density at radius 2 is 1.74 bits per heavy atom. The molecule has 0 aliphatic carbocycles. The van der Waals surface area contributed by atoms with E-state index in [1.54, 1.807) is 6.07 Å². The first-order valence-corrected chi connectivity index (χ1v) is 6.27. The molecule has 0 aliphatic heterocycles. The van der Waals surface area contributed by atoms with Crippen molar-refractivity contribution in [2.45, 2.75) is 26.8 Å². The molecule has 0 unspecified atom stereocenters. The van der Waals surface area contributed by atoms with Gasteiger partial charge in [0.15, 0.2) is 0 Å². The van der Waals surface area contributed by atoms with E-state index in [0.29, 0.717) is 11.3 Å². The molecular weight excluding hydrogens is 241 g/mol. The van der Waals surface area contributed by atoms with Gasteiger partial charge in [0.25, 0.3) is 0 Å². The lowest BCUT2D eigenvalue weighted by molar-refractivity contribution is 0.465. The summed E-state index contributed by atoms with van der Waals surface area (Å²) in [5.41, 5.74) is 8.74. The molecule has 0 saturated heterocycles. The van der Waals surface area contributed by atoms with Gasteiger partial charge in [0, 0.05) is 11.6 Å². The van der Waals surface area contributed by atoms with E-state index in [-0.39, 0.29) is 11.9 Å². The molecule has 19 heavy (non-hydrogen) atoms. The van der Waals surface area contributed by atoms with Crippen LogP contribution in [0.5, 0.6) is 11.5 Å². The Morgan fingerprint density at radius 1 is 1.05 bits per heavy atom. The standard InChI is InChI=1S/C16H18FNO/c1-10-4-6-15(11(2)8-10)19-16-7-5-13(17)9-14(16)12(3)18/h4-9,12H,18H2,1-3H3/t12-/m0/s1. The molecule has 2 N–H and O–H groups in total. The Balaban J connectivity index is 2.38. The van der Waals surface area contributed by atoms with E-state index in [1.165, 1.54) is 17.7 Å². The third-order valence-corrected chi connectivity index (χ3v) is 3.01. The Morgan fingerprint density at radius 3 is 2.37 bits per heavy atom. The highest BCUT2D eigenvalue weighted by Crippen LogP contribution is 2.31. The van der Waals surface area contributed by atoms with Gasteiger partial charge in [0.2, 0.25) is 0 Å². The van der Waals surface area contributed by atoms with E-state index in [4.69, 9.17) is 10.5 Å². The van der Waals surface area contributed by atoms with Gasteiger partial charge in [0.1, 0.15) is 17.3 Å². The lowest BCUT2D eigenvalue weighted by atomic mass is 10.1. The van der Waals surface area contributed by atoms with Crippen molar-refractivity contribution in [1.82, 2.24) is 0 Å². The first-order valence-electron chi connectivity index (χ1n) is 6.27. The Hall–Kier alpha value is -1.87. The van der Waals surface area contributed by atoms with Gasteiger partial charge < -0.3 is 10.5 Å². The van der Waals surface area contributed by atoms with Crippen molar-refractivity contribution < 1.29 is 9.13 Å². The highest BCUT2D eigenvalue weighted by Gasteiger charge is 2.11. The maximum atomic E-state index is 13.3. The zero-order valence-electron chi connectivity index (χ0n) is 11.4. The Kier molecular flexibility index (Phi) is 3.86. The first-order chi connectivity index (χ1) is 8.97. The van der Waals surface area contributed by atoms with Crippen molar-refractivity contribution in [3.8, 4) is 11.5 Å². The molecule has 0 spiro atoms. The Bertz CT molecular complexity index is 593. The van der Waals surface area contributed by atoms with Crippen LogP contribution in [0.2, 0.25) is 0 Å². The van der Waals surface area contributed by atoms with Gasteiger partial charge in [-0.25, -0.2) is 4.39 Å². The number of benzene rings is 2. The van der Waals surface area contributed by atoms with Crippen molar-refractivity contribution in [2.24, 2.45) is 5.73 Å². The third kappa shape index (κ3) is 3.12. The zero-order chi connectivity index (χ0) is 14.0. The third-order valence-electron chi connectivity index (χ3n) is 3.01. The van der Waals surface area contributed by atoms with Gasteiger partial charge in [-0.3, -0.25) is 0 Å². The summed E-state index contributed by atoms with van der Waals surface area (Å²) in [5, 5.41) is 0. The second-order valence-electron chi connectivity index (χ2n) is 4.84. The maximum absolute atomic E-state index is 13.3. The van der Waals surface area contributed by atoms with Gasteiger partial charge in [-0.2, -0.15) is 0 Å². The van der Waals surface area contributed by atoms with Crippen LogP contribution in [0.4, 0.5) is 4.39 Å². The molecule has 0 fully saturated rings. The van der Waals surface area contributed by atoms with Gasteiger partial charge in [-0.15, -0.1) is 0 Å². The van der Waals surface area contributed by atoms with Crippen LogP contribution in [-0.2, 0) is 0 Å². The number of nitrogens with two attached hydrogens (primary N) is 1. The number of hydrogen-bond acceptors (Lipinski definition) is 2. The predicted molar refractivity (Wildman–Crippen MR) is 75.0 cm³/mol. The molecular formula is C16H18FNO. The molecule has 0 aliphatic rings. The molecule has 2 rings (SSSR count). The summed E-state index contributed by atoms with van der Waals surface area (Å²) in [6.45, 7) is 5.82. The number of rotatable bonds is 3. The summed E-state index contributed by atoms with van der Waals surface area (Å²) >= 11 is 0. The fourth-order valence-electron chi connectivity index (χ4n) is 2.00. The minimum absolute atomic E-state index is 0.281. The minimum atomic E-state index is -0.305. The van der Waals surface area contributed by atoms with Crippen LogP contribution in [0, 0.1) is 19.7 Å². The smallest absolute Gasteiger partial charge is 0.132 e. The van der Waals surface area contributed by atoms with Crippen LogP contribution in [0.3, 0.4) is 0 Å². The average Bonchev–Trinajstić information content (AvgIpc) is 2.34. The largest absolute Gasteiger partial charge is 0.457 e. The molecule has 0 radical (unpaired) electrons. The molecule has 2 aromatic carbocycles. The van der Waals surface area contributed by atoms with Crippen molar-refractivity contribution in [2.75, 3.05) is 0 Å². The van der Waals surface area contributed by atoms with Crippen molar-refractivity contribution in [1.29, 1.82) is 0 Å². The number of halogens is 1. The summed E-state index contributed by atoms with van der Waals surface area (Å²) in [7, 11) is 0. The first kappa shape index (κ1) is 13.6. The van der Waals surface area contributed by atoms with Crippen LogP contribution >= 0.6 is 0 Å². The highest BCUT2D eigenvalue weighted by atomic mass is 19.1. The predicted octanol–water partition coefficient (Wildman–Crippen LogP) is 4.25. The van der Waals surface area contributed by atoms with Crippen LogP contribution in [0.15, 0.2) is 36.4 Å². The number of ether oxygens (including phenoxy) is 1. The van der Waals surface area contributed by atoms with Crippen LogP contribution in [0.25, 0.3) is 0 Å². The summed E-state index contributed by atoms with van der Waals surface area (Å²) in [5.74, 6) is 1.06. The van der Waals surface area contributed by atoms with Crippen LogP contribution < -0.4 is 10.5 Å². The van der Waals surface area contributed by atoms with E-state index in [1.807, 2.05) is 39.0 Å².